The number of nitrogens with one attached hydrogen (secondary N) is 1. The highest BCUT2D eigenvalue weighted by molar-refractivity contribution is 7.90. The first-order valence-electron chi connectivity index (χ1n) is 14.0. The Hall–Kier alpha value is -4.87. The van der Waals surface area contributed by atoms with Crippen LogP contribution in [0.25, 0.3) is 16.9 Å². The number of amides is 1. The van der Waals surface area contributed by atoms with Crippen molar-refractivity contribution in [2.75, 3.05) is 18.3 Å². The topological polar surface area (TPSA) is 152 Å². The van der Waals surface area contributed by atoms with E-state index >= 15 is 0 Å². The van der Waals surface area contributed by atoms with Crippen molar-refractivity contribution in [3.63, 3.8) is 0 Å². The number of aromatic nitrogens is 4. The van der Waals surface area contributed by atoms with Crippen LogP contribution in [0.1, 0.15) is 44.9 Å². The predicted molar refractivity (Wildman–Crippen MR) is 154 cm³/mol. The number of aryl methyl sites for hydroxylation is 1. The summed E-state index contributed by atoms with van der Waals surface area (Å²) in [6, 6.07) is 11.7. The first-order valence-corrected chi connectivity index (χ1v) is 15.4. The minimum Gasteiger partial charge on any atom is -0.428 e. The number of halogens is 3. The van der Waals surface area contributed by atoms with E-state index in [1.54, 1.807) is 45.0 Å². The average Bonchev–Trinajstić information content (AvgIpc) is 3.34. The van der Waals surface area contributed by atoms with Crippen molar-refractivity contribution < 1.29 is 50.1 Å². The summed E-state index contributed by atoms with van der Waals surface area (Å²) in [6.07, 6.45) is -4.83. The molecule has 1 aliphatic heterocycles. The molecule has 1 unspecified atom stereocenters. The van der Waals surface area contributed by atoms with Gasteiger partial charge in [0, 0.05) is 12.1 Å². The Kier molecular flexibility index (Phi) is 8.59. The molecule has 3 heterocycles. The van der Waals surface area contributed by atoms with E-state index in [9.17, 15) is 31.2 Å². The van der Waals surface area contributed by atoms with Crippen LogP contribution in [0.5, 0.6) is 0 Å². The van der Waals surface area contributed by atoms with Crippen molar-refractivity contribution in [3.8, 4) is 16.9 Å². The lowest BCUT2D eigenvalue weighted by Crippen LogP contribution is -2.49. The molecule has 18 heteroatoms. The lowest BCUT2D eigenvalue weighted by Gasteiger charge is -2.19. The molecule has 0 aliphatic carbocycles. The fraction of sp³-hybridized carbons (Fsp3) is 0.393. The Morgan fingerprint density at radius 1 is 1.07 bits per heavy atom. The van der Waals surface area contributed by atoms with E-state index in [2.05, 4.69) is 5.10 Å². The van der Waals surface area contributed by atoms with Crippen LogP contribution in [0.2, 0.25) is 0 Å². The highest BCUT2D eigenvalue weighted by Gasteiger charge is 2.39. The number of hydrogen-bond acceptors (Lipinski definition) is 10. The summed E-state index contributed by atoms with van der Waals surface area (Å²) >= 11 is 0. The molecule has 14 nitrogen and oxygen atoms in total. The molecule has 1 N–H and O–H groups in total. The first-order chi connectivity index (χ1) is 21.5. The highest BCUT2D eigenvalue weighted by Crippen LogP contribution is 2.33. The fourth-order valence-electron chi connectivity index (χ4n) is 4.55. The third-order valence-corrected chi connectivity index (χ3v) is 8.07. The Labute approximate surface area is 261 Å². The number of hydrogen-bond donors (Lipinski definition) is 1. The lowest BCUT2D eigenvalue weighted by molar-refractivity contribution is -0.141. The van der Waals surface area contributed by atoms with Gasteiger partial charge >= 0.3 is 12.3 Å². The van der Waals surface area contributed by atoms with Gasteiger partial charge in [0.25, 0.3) is 22.7 Å². The quantitative estimate of drug-likeness (QED) is 0.205. The van der Waals surface area contributed by atoms with Crippen LogP contribution < -0.4 is 14.6 Å². The zero-order valence-electron chi connectivity index (χ0n) is 25.1. The number of sulfonamides is 1. The van der Waals surface area contributed by atoms with Crippen LogP contribution in [0, 0.1) is 6.92 Å². The number of rotatable bonds is 9. The number of alkyl halides is 3. The summed E-state index contributed by atoms with van der Waals surface area (Å²) in [7, 11) is -4.37. The van der Waals surface area contributed by atoms with Gasteiger partial charge in [0.15, 0.2) is 5.69 Å². The molecular formula is C28H31F3N6O8S. The molecule has 1 saturated heterocycles. The van der Waals surface area contributed by atoms with E-state index in [-0.39, 0.29) is 16.3 Å². The minimum atomic E-state index is -4.70. The molecular weight excluding hydrogens is 637 g/mol. The third-order valence-electron chi connectivity index (χ3n) is 6.71. The number of carbonyl (C=O) groups excluding carboxylic acids is 2. The van der Waals surface area contributed by atoms with E-state index in [0.29, 0.717) is 24.9 Å². The Bertz CT molecular complexity index is 1800. The second kappa shape index (κ2) is 12.1. The van der Waals surface area contributed by atoms with Gasteiger partial charge in [-0.05, 0) is 70.9 Å². The Balaban J connectivity index is 1.25. The van der Waals surface area contributed by atoms with E-state index in [0.717, 1.165) is 26.3 Å². The van der Waals surface area contributed by atoms with Crippen molar-refractivity contribution in [3.05, 3.63) is 65.9 Å². The van der Waals surface area contributed by atoms with Gasteiger partial charge in [-0.3, -0.25) is 4.79 Å². The molecule has 5 rings (SSSR count). The van der Waals surface area contributed by atoms with Gasteiger partial charge in [-0.2, -0.15) is 22.9 Å². The van der Waals surface area contributed by atoms with Crippen molar-refractivity contribution in [1.82, 2.24) is 24.5 Å². The van der Waals surface area contributed by atoms with Crippen molar-refractivity contribution in [2.24, 2.45) is 0 Å². The molecule has 0 saturated carbocycles. The SMILES string of the molecule is Cc1ccc(-c2cc(C(F)(F)F)nn2-c2ccc(S(=O)(=O)NC(=O)C3CCCN3n3on3OCOC(=O)OC(C)(C)C)cc2)cc1. The van der Waals surface area contributed by atoms with Crippen LogP contribution in [0.3, 0.4) is 0 Å². The summed E-state index contributed by atoms with van der Waals surface area (Å²) in [5, 5.41) is 5.99. The normalized spacial score (nSPS) is 15.6. The molecule has 248 valence electrons. The Morgan fingerprint density at radius 3 is 2.37 bits per heavy atom. The first kappa shape index (κ1) is 32.5. The highest BCUT2D eigenvalue weighted by atomic mass is 32.2. The van der Waals surface area contributed by atoms with Gasteiger partial charge in [0.2, 0.25) is 0 Å². The monoisotopic (exact) mass is 668 g/mol. The maximum atomic E-state index is 13.5. The lowest BCUT2D eigenvalue weighted by atomic mass is 10.1. The van der Waals surface area contributed by atoms with E-state index in [1.165, 1.54) is 29.3 Å². The third kappa shape index (κ3) is 7.49. The van der Waals surface area contributed by atoms with E-state index in [1.807, 2.05) is 11.6 Å². The van der Waals surface area contributed by atoms with E-state index < -0.39 is 52.4 Å². The van der Waals surface area contributed by atoms with E-state index in [4.69, 9.17) is 18.9 Å². The molecule has 4 aromatic rings. The molecule has 2 aromatic heterocycles. The van der Waals surface area contributed by atoms with Gasteiger partial charge in [0.1, 0.15) is 16.7 Å². The standard InChI is InChI=1S/C28H31F3N6O8S/c1-18-7-9-19(10-8-18)23-16-24(28(29,30)31)32-35(23)20-11-13-21(14-12-20)46(40,41)33-25(38)22-6-5-15-34(22)36-37(45-36)43-17-42-26(39)44-27(2,3)4/h7-14,16,22H,5-6,15,17H2,1-4H3,(H,33,38). The van der Waals surface area contributed by atoms with Crippen LogP contribution in [-0.4, -0.2) is 65.2 Å². The number of benzene rings is 2. The zero-order valence-corrected chi connectivity index (χ0v) is 26.0. The summed E-state index contributed by atoms with van der Waals surface area (Å²) < 4.78 is 84.9. The second-order valence-electron chi connectivity index (χ2n) is 11.4. The summed E-state index contributed by atoms with van der Waals surface area (Å²) in [6.45, 7) is 6.61. The minimum absolute atomic E-state index is 0.157. The van der Waals surface area contributed by atoms with Gasteiger partial charge in [-0.15, -0.1) is 0 Å². The van der Waals surface area contributed by atoms with Gasteiger partial charge in [0.05, 0.1) is 21.2 Å². The molecule has 1 aliphatic rings. The number of carbonyl (C=O) groups is 2. The molecule has 1 amide bonds. The number of ether oxygens (including phenoxy) is 2. The smallest absolute Gasteiger partial charge is 0.428 e. The van der Waals surface area contributed by atoms with Crippen molar-refractivity contribution >= 4 is 22.1 Å². The van der Waals surface area contributed by atoms with Crippen LogP contribution in [-0.2, 0) is 30.5 Å². The molecule has 1 atom stereocenters. The van der Waals surface area contributed by atoms with Gasteiger partial charge in [-0.25, -0.2) is 27.6 Å². The summed E-state index contributed by atoms with van der Waals surface area (Å²) in [4.78, 5) is 30.6. The molecule has 1 fully saturated rings. The largest absolute Gasteiger partial charge is 0.511 e. The van der Waals surface area contributed by atoms with Gasteiger partial charge in [-0.1, -0.05) is 29.8 Å². The van der Waals surface area contributed by atoms with Gasteiger partial charge < -0.3 is 14.3 Å². The molecule has 0 spiro atoms. The Morgan fingerprint density at radius 2 is 1.74 bits per heavy atom. The molecule has 46 heavy (non-hydrogen) atoms. The van der Waals surface area contributed by atoms with Crippen LogP contribution in [0.4, 0.5) is 18.0 Å². The molecule has 0 bridgehead atoms. The maximum absolute atomic E-state index is 13.5. The van der Waals surface area contributed by atoms with Crippen molar-refractivity contribution in [1.29, 1.82) is 0 Å². The zero-order chi connectivity index (χ0) is 33.4. The maximum Gasteiger partial charge on any atom is 0.511 e. The molecule has 2 aromatic carbocycles. The predicted octanol–water partition coefficient (Wildman–Crippen LogP) is 4.01. The van der Waals surface area contributed by atoms with Crippen LogP contribution >= 0.6 is 0 Å². The number of nitrogens with zero attached hydrogens (tertiary/aromatic N) is 5. The van der Waals surface area contributed by atoms with Crippen LogP contribution in [0.15, 0.2) is 64.1 Å². The average molecular weight is 669 g/mol. The summed E-state index contributed by atoms with van der Waals surface area (Å²) in [5.41, 5.74) is -0.141. The van der Waals surface area contributed by atoms with Crippen molar-refractivity contribution in [2.45, 2.75) is 63.3 Å². The molecule has 0 radical (unpaired) electrons. The second-order valence-corrected chi connectivity index (χ2v) is 13.1. The summed E-state index contributed by atoms with van der Waals surface area (Å²) in [5.74, 6) is -0.842. The fourth-order valence-corrected chi connectivity index (χ4v) is 5.57.